The molecule has 7 heteroatoms. The number of aromatic nitrogens is 2. The van der Waals surface area contributed by atoms with Crippen molar-refractivity contribution in [1.29, 1.82) is 0 Å². The second kappa shape index (κ2) is 8.12. The summed E-state index contributed by atoms with van der Waals surface area (Å²) in [6.45, 7) is 1.97. The van der Waals surface area contributed by atoms with Crippen LogP contribution in [0.3, 0.4) is 0 Å². The Morgan fingerprint density at radius 1 is 1.00 bits per heavy atom. The standard InChI is InChI=1S/C26H20N4O3/c1-16-6-9-19(10-7-16)30-13-3-5-21(26(30)33)24(31)28-18-8-11-20-22(14-17-4-2-12-27-17)25(32)29-23(20)15-18/h2-15,27H,1H3,(H,28,31)(H,29,32)/b22-14-. The number of aryl methyl sites for hydroxylation is 1. The predicted molar refractivity (Wildman–Crippen MR) is 128 cm³/mol. The zero-order chi connectivity index (χ0) is 22.9. The Bertz CT molecular complexity index is 1460. The van der Waals surface area contributed by atoms with Gasteiger partial charge in [0, 0.05) is 35.0 Å². The fourth-order valence-electron chi connectivity index (χ4n) is 3.78. The van der Waals surface area contributed by atoms with E-state index in [4.69, 9.17) is 0 Å². The van der Waals surface area contributed by atoms with Crippen molar-refractivity contribution in [2.24, 2.45) is 0 Å². The molecule has 0 saturated carbocycles. The van der Waals surface area contributed by atoms with E-state index in [1.54, 1.807) is 42.7 Å². The lowest BCUT2D eigenvalue weighted by molar-refractivity contribution is -0.110. The third kappa shape index (κ3) is 3.87. The van der Waals surface area contributed by atoms with Crippen molar-refractivity contribution in [3.8, 4) is 5.69 Å². The molecule has 0 unspecified atom stereocenters. The number of amides is 2. The van der Waals surface area contributed by atoms with Gasteiger partial charge in [0.2, 0.25) is 0 Å². The molecule has 0 radical (unpaired) electrons. The monoisotopic (exact) mass is 436 g/mol. The Morgan fingerprint density at radius 3 is 2.58 bits per heavy atom. The van der Waals surface area contributed by atoms with Crippen LogP contribution in [0.25, 0.3) is 17.3 Å². The van der Waals surface area contributed by atoms with Crippen LogP contribution in [0.4, 0.5) is 11.4 Å². The summed E-state index contributed by atoms with van der Waals surface area (Å²) in [4.78, 5) is 41.3. The molecular weight excluding hydrogens is 416 g/mol. The molecule has 7 nitrogen and oxygen atoms in total. The molecule has 0 fully saturated rings. The van der Waals surface area contributed by atoms with E-state index in [0.717, 1.165) is 16.8 Å². The molecule has 1 aliphatic rings. The first-order chi connectivity index (χ1) is 16.0. The van der Waals surface area contributed by atoms with Gasteiger partial charge in [0.05, 0.1) is 11.3 Å². The summed E-state index contributed by atoms with van der Waals surface area (Å²) in [5.41, 5.74) is 4.55. The van der Waals surface area contributed by atoms with E-state index in [1.165, 1.54) is 10.6 Å². The van der Waals surface area contributed by atoms with Crippen LogP contribution < -0.4 is 16.2 Å². The number of pyridine rings is 1. The van der Waals surface area contributed by atoms with Crippen LogP contribution >= 0.6 is 0 Å². The number of rotatable bonds is 4. The number of H-pyrrole nitrogens is 1. The Balaban J connectivity index is 1.41. The highest BCUT2D eigenvalue weighted by Gasteiger charge is 2.25. The van der Waals surface area contributed by atoms with Crippen LogP contribution in [0.2, 0.25) is 0 Å². The number of benzene rings is 2. The molecule has 33 heavy (non-hydrogen) atoms. The maximum Gasteiger partial charge on any atom is 0.267 e. The molecule has 2 aromatic heterocycles. The largest absolute Gasteiger partial charge is 0.362 e. The molecular formula is C26H20N4O3. The van der Waals surface area contributed by atoms with Crippen molar-refractivity contribution >= 4 is 34.8 Å². The van der Waals surface area contributed by atoms with Crippen molar-refractivity contribution in [2.45, 2.75) is 6.92 Å². The summed E-state index contributed by atoms with van der Waals surface area (Å²) in [6, 6.07) is 19.5. The van der Waals surface area contributed by atoms with Crippen molar-refractivity contribution in [3.63, 3.8) is 0 Å². The minimum absolute atomic E-state index is 0.0231. The van der Waals surface area contributed by atoms with Crippen molar-refractivity contribution in [2.75, 3.05) is 10.6 Å². The summed E-state index contributed by atoms with van der Waals surface area (Å²) in [7, 11) is 0. The molecule has 3 heterocycles. The summed E-state index contributed by atoms with van der Waals surface area (Å²) < 4.78 is 1.44. The highest BCUT2D eigenvalue weighted by Crippen LogP contribution is 2.35. The van der Waals surface area contributed by atoms with Gasteiger partial charge in [0.1, 0.15) is 5.56 Å². The Kier molecular flexibility index (Phi) is 4.99. The van der Waals surface area contributed by atoms with E-state index in [1.807, 2.05) is 43.3 Å². The molecule has 2 amide bonds. The molecule has 0 spiro atoms. The molecule has 0 atom stereocenters. The van der Waals surface area contributed by atoms with Gasteiger partial charge in [0.15, 0.2) is 0 Å². The van der Waals surface area contributed by atoms with E-state index in [2.05, 4.69) is 15.6 Å². The topological polar surface area (TPSA) is 96.0 Å². The lowest BCUT2D eigenvalue weighted by Gasteiger charge is -2.10. The van der Waals surface area contributed by atoms with Gasteiger partial charge in [-0.2, -0.15) is 0 Å². The number of anilines is 2. The first-order valence-corrected chi connectivity index (χ1v) is 10.4. The lowest BCUT2D eigenvalue weighted by Crippen LogP contribution is -2.27. The molecule has 5 rings (SSSR count). The van der Waals surface area contributed by atoms with Gasteiger partial charge >= 0.3 is 0 Å². The van der Waals surface area contributed by atoms with Crippen molar-refractivity contribution < 1.29 is 9.59 Å². The van der Waals surface area contributed by atoms with E-state index >= 15 is 0 Å². The number of fused-ring (bicyclic) bond motifs is 1. The fraction of sp³-hybridized carbons (Fsp3) is 0.0385. The Hall–Kier alpha value is -4.65. The van der Waals surface area contributed by atoms with E-state index < -0.39 is 11.5 Å². The molecule has 1 aliphatic heterocycles. The molecule has 0 aliphatic carbocycles. The zero-order valence-corrected chi connectivity index (χ0v) is 17.8. The first kappa shape index (κ1) is 20.3. The molecule has 0 bridgehead atoms. The number of nitrogens with one attached hydrogen (secondary N) is 3. The van der Waals surface area contributed by atoms with Crippen LogP contribution in [-0.4, -0.2) is 21.4 Å². The van der Waals surface area contributed by atoms with Crippen molar-refractivity contribution in [1.82, 2.24) is 9.55 Å². The summed E-state index contributed by atoms with van der Waals surface area (Å²) >= 11 is 0. The van der Waals surface area contributed by atoms with Crippen LogP contribution in [0.5, 0.6) is 0 Å². The lowest BCUT2D eigenvalue weighted by atomic mass is 10.1. The smallest absolute Gasteiger partial charge is 0.267 e. The average molecular weight is 436 g/mol. The second-order valence-electron chi connectivity index (χ2n) is 7.78. The molecule has 162 valence electrons. The molecule has 3 N–H and O–H groups in total. The van der Waals surface area contributed by atoms with Crippen LogP contribution in [0.15, 0.2) is 83.9 Å². The number of aromatic amines is 1. The minimum atomic E-state index is -0.520. The van der Waals surface area contributed by atoms with Gasteiger partial charge in [-0.25, -0.2) is 0 Å². The van der Waals surface area contributed by atoms with Crippen LogP contribution in [-0.2, 0) is 4.79 Å². The van der Waals surface area contributed by atoms with Crippen LogP contribution in [0, 0.1) is 6.92 Å². The third-order valence-corrected chi connectivity index (χ3v) is 5.49. The average Bonchev–Trinajstić information content (AvgIpc) is 3.42. The predicted octanol–water partition coefficient (Wildman–Crippen LogP) is 4.22. The van der Waals surface area contributed by atoms with Crippen molar-refractivity contribution in [3.05, 3.63) is 112 Å². The number of hydrogen-bond donors (Lipinski definition) is 3. The summed E-state index contributed by atoms with van der Waals surface area (Å²) in [5, 5.41) is 5.58. The minimum Gasteiger partial charge on any atom is -0.362 e. The van der Waals surface area contributed by atoms with Gasteiger partial charge in [-0.3, -0.25) is 19.0 Å². The van der Waals surface area contributed by atoms with Gasteiger partial charge in [-0.05, 0) is 61.5 Å². The number of hydrogen-bond acceptors (Lipinski definition) is 3. The molecule has 4 aromatic rings. The maximum absolute atomic E-state index is 12.9. The maximum atomic E-state index is 12.9. The molecule has 2 aromatic carbocycles. The second-order valence-corrected chi connectivity index (χ2v) is 7.78. The third-order valence-electron chi connectivity index (χ3n) is 5.49. The highest BCUT2D eigenvalue weighted by atomic mass is 16.2. The quantitative estimate of drug-likeness (QED) is 0.418. The van der Waals surface area contributed by atoms with Gasteiger partial charge in [-0.15, -0.1) is 0 Å². The molecule has 0 saturated heterocycles. The number of carbonyl (C=O) groups excluding carboxylic acids is 2. The normalized spacial score (nSPS) is 13.6. The zero-order valence-electron chi connectivity index (χ0n) is 17.8. The fourth-order valence-corrected chi connectivity index (χ4v) is 3.78. The van der Waals surface area contributed by atoms with E-state index in [9.17, 15) is 14.4 Å². The first-order valence-electron chi connectivity index (χ1n) is 10.4. The van der Waals surface area contributed by atoms with Gasteiger partial charge < -0.3 is 15.6 Å². The Morgan fingerprint density at radius 2 is 1.82 bits per heavy atom. The van der Waals surface area contributed by atoms with E-state index in [-0.39, 0.29) is 11.5 Å². The van der Waals surface area contributed by atoms with Gasteiger partial charge in [-0.1, -0.05) is 23.8 Å². The summed E-state index contributed by atoms with van der Waals surface area (Å²) in [5.74, 6) is -0.736. The van der Waals surface area contributed by atoms with Crippen LogP contribution in [0.1, 0.15) is 27.2 Å². The number of carbonyl (C=O) groups is 2. The SMILES string of the molecule is Cc1ccc(-n2cccc(C(=O)Nc3ccc4c(c3)NC(=O)/C4=C\c3ccc[nH]3)c2=O)cc1. The Labute approximate surface area is 189 Å². The summed E-state index contributed by atoms with van der Waals surface area (Å²) in [6.07, 6.45) is 5.19. The van der Waals surface area contributed by atoms with Gasteiger partial charge in [0.25, 0.3) is 17.4 Å². The highest BCUT2D eigenvalue weighted by molar-refractivity contribution is 6.35. The van der Waals surface area contributed by atoms with E-state index in [0.29, 0.717) is 22.6 Å². The number of nitrogens with zero attached hydrogens (tertiary/aromatic N) is 1.